The van der Waals surface area contributed by atoms with Crippen molar-refractivity contribution in [1.82, 2.24) is 34.0 Å². The summed E-state index contributed by atoms with van der Waals surface area (Å²) in [7, 11) is -2.31. The number of aryl methyl sites for hydroxylation is 2. The van der Waals surface area contributed by atoms with Crippen molar-refractivity contribution in [3.05, 3.63) is 65.7 Å². The first-order chi connectivity index (χ1) is 17.4. The van der Waals surface area contributed by atoms with Crippen LogP contribution in [0.1, 0.15) is 31.0 Å². The Morgan fingerprint density at radius 2 is 1.81 bits per heavy atom. The van der Waals surface area contributed by atoms with Crippen molar-refractivity contribution in [2.75, 3.05) is 26.2 Å². The molecule has 12 heteroatoms. The van der Waals surface area contributed by atoms with E-state index in [2.05, 4.69) is 15.3 Å². The van der Waals surface area contributed by atoms with Gasteiger partial charge in [0.25, 0.3) is 10.0 Å². The van der Waals surface area contributed by atoms with Gasteiger partial charge in [0, 0.05) is 44.7 Å². The molecule has 1 saturated heterocycles. The maximum absolute atomic E-state index is 14.8. The Kier molecular flexibility index (Phi) is 6.37. The molecular weight excluding hydrogens is 500 g/mol. The third-order valence-corrected chi connectivity index (χ3v) is 8.33. The van der Waals surface area contributed by atoms with Gasteiger partial charge in [-0.25, -0.2) is 21.9 Å². The minimum Gasteiger partial charge on any atom is -0.291 e. The zero-order valence-electron chi connectivity index (χ0n) is 21.1. The molecule has 0 saturated carbocycles. The van der Waals surface area contributed by atoms with Gasteiger partial charge in [-0.3, -0.25) is 4.90 Å². The second kappa shape index (κ2) is 9.26. The van der Waals surface area contributed by atoms with Gasteiger partial charge in [0.05, 0.1) is 23.6 Å². The number of benzene rings is 2. The Bertz CT molecular complexity index is 1540. The van der Waals surface area contributed by atoms with E-state index >= 15 is 0 Å². The van der Waals surface area contributed by atoms with E-state index in [0.29, 0.717) is 6.54 Å². The molecule has 1 aliphatic heterocycles. The first-order valence-corrected chi connectivity index (χ1v) is 13.4. The standard InChI is InChI=1S/C25H29F2N7O2S/c1-17-11-22-18(13-29-34(22)20-7-5-19(26)6-8-20)12-21(17)23-15-33(10-9-32(23)16-25(2,3)27)37(35,36)24-14-28-31(4)30-24/h5-8,11-14,23H,9-10,15-16H2,1-4H3/t23-/m0/s1. The summed E-state index contributed by atoms with van der Waals surface area (Å²) in [5.74, 6) is -0.326. The average Bonchev–Trinajstić information content (AvgIpc) is 3.45. The van der Waals surface area contributed by atoms with Crippen molar-refractivity contribution in [3.63, 3.8) is 0 Å². The van der Waals surface area contributed by atoms with Gasteiger partial charge in [0.2, 0.25) is 5.03 Å². The molecular formula is C25H29F2N7O2S. The molecule has 196 valence electrons. The Morgan fingerprint density at radius 1 is 1.08 bits per heavy atom. The van der Waals surface area contributed by atoms with Crippen LogP contribution in [0.15, 0.2) is 53.8 Å². The zero-order valence-corrected chi connectivity index (χ0v) is 22.0. The van der Waals surface area contributed by atoms with Crippen LogP contribution >= 0.6 is 0 Å². The molecule has 0 amide bonds. The number of sulfonamides is 1. The van der Waals surface area contributed by atoms with E-state index in [1.807, 2.05) is 24.0 Å². The fourth-order valence-corrected chi connectivity index (χ4v) is 6.23. The van der Waals surface area contributed by atoms with E-state index in [1.54, 1.807) is 30.1 Å². The first kappa shape index (κ1) is 25.4. The van der Waals surface area contributed by atoms with Crippen molar-refractivity contribution in [3.8, 4) is 5.69 Å². The number of piperazine rings is 1. The number of hydrogen-bond acceptors (Lipinski definition) is 6. The van der Waals surface area contributed by atoms with Crippen LogP contribution in [0, 0.1) is 12.7 Å². The molecule has 2 aromatic heterocycles. The summed E-state index contributed by atoms with van der Waals surface area (Å²) < 4.78 is 58.0. The van der Waals surface area contributed by atoms with E-state index in [1.165, 1.54) is 41.3 Å². The molecule has 37 heavy (non-hydrogen) atoms. The van der Waals surface area contributed by atoms with Gasteiger partial charge in [-0.05, 0) is 68.3 Å². The number of alkyl halides is 1. The zero-order chi connectivity index (χ0) is 26.5. The highest BCUT2D eigenvalue weighted by Gasteiger charge is 2.38. The third kappa shape index (κ3) is 5.00. The predicted octanol–water partition coefficient (Wildman–Crippen LogP) is 3.40. The number of nitrogens with zero attached hydrogens (tertiary/aromatic N) is 7. The van der Waals surface area contributed by atoms with Crippen LogP contribution in [0.5, 0.6) is 0 Å². The van der Waals surface area contributed by atoms with Gasteiger partial charge >= 0.3 is 0 Å². The van der Waals surface area contributed by atoms with Crippen LogP contribution in [0.4, 0.5) is 8.78 Å². The summed E-state index contributed by atoms with van der Waals surface area (Å²) in [6.07, 6.45) is 2.96. The molecule has 1 atom stereocenters. The third-order valence-electron chi connectivity index (χ3n) is 6.60. The van der Waals surface area contributed by atoms with Crippen molar-refractivity contribution in [2.24, 2.45) is 7.05 Å². The van der Waals surface area contributed by atoms with Gasteiger partial charge in [-0.1, -0.05) is 0 Å². The number of rotatable bonds is 6. The number of hydrogen-bond donors (Lipinski definition) is 0. The SMILES string of the molecule is Cc1cc2c(cnn2-c2ccc(F)cc2)cc1[C@@H]1CN(S(=O)(=O)c2cnn(C)n2)CCN1CC(C)(C)F. The van der Waals surface area contributed by atoms with Gasteiger partial charge < -0.3 is 0 Å². The molecule has 1 aliphatic rings. The first-order valence-electron chi connectivity index (χ1n) is 12.0. The molecule has 0 N–H and O–H groups in total. The van der Waals surface area contributed by atoms with Crippen LogP contribution in [0.3, 0.4) is 0 Å². The molecule has 0 unspecified atom stereocenters. The molecule has 0 spiro atoms. The van der Waals surface area contributed by atoms with Crippen LogP contribution in [0.2, 0.25) is 0 Å². The van der Waals surface area contributed by atoms with Crippen LogP contribution in [0.25, 0.3) is 16.6 Å². The van der Waals surface area contributed by atoms with Gasteiger partial charge in [0.15, 0.2) is 0 Å². The number of aromatic nitrogens is 5. The molecule has 5 rings (SSSR count). The fraction of sp³-hybridized carbons (Fsp3) is 0.400. The van der Waals surface area contributed by atoms with Gasteiger partial charge in [-0.15, -0.1) is 5.10 Å². The van der Waals surface area contributed by atoms with Gasteiger partial charge in [-0.2, -0.15) is 19.3 Å². The minimum atomic E-state index is -3.87. The van der Waals surface area contributed by atoms with Crippen LogP contribution in [-0.4, -0.2) is 74.2 Å². The second-order valence-electron chi connectivity index (χ2n) is 10.0. The molecule has 0 radical (unpaired) electrons. The fourth-order valence-electron chi connectivity index (χ4n) is 4.90. The molecule has 3 heterocycles. The maximum atomic E-state index is 14.8. The largest absolute Gasteiger partial charge is 0.291 e. The highest BCUT2D eigenvalue weighted by molar-refractivity contribution is 7.89. The average molecular weight is 530 g/mol. The predicted molar refractivity (Wildman–Crippen MR) is 135 cm³/mol. The van der Waals surface area contributed by atoms with Crippen LogP contribution < -0.4 is 0 Å². The lowest BCUT2D eigenvalue weighted by molar-refractivity contribution is 0.0561. The molecule has 2 aromatic carbocycles. The lowest BCUT2D eigenvalue weighted by atomic mass is 9.95. The summed E-state index contributed by atoms with van der Waals surface area (Å²) in [4.78, 5) is 3.21. The van der Waals surface area contributed by atoms with Crippen LogP contribution in [-0.2, 0) is 17.1 Å². The lowest BCUT2D eigenvalue weighted by Gasteiger charge is -2.42. The summed E-state index contributed by atoms with van der Waals surface area (Å²) in [6, 6.07) is 9.67. The van der Waals surface area contributed by atoms with E-state index in [9.17, 15) is 17.2 Å². The highest BCUT2D eigenvalue weighted by atomic mass is 32.2. The molecule has 9 nitrogen and oxygen atoms in total. The molecule has 1 fully saturated rings. The summed E-state index contributed by atoms with van der Waals surface area (Å²) >= 11 is 0. The Labute approximate surface area is 214 Å². The Balaban J connectivity index is 1.54. The topological polar surface area (TPSA) is 89.2 Å². The molecule has 0 aliphatic carbocycles. The van der Waals surface area contributed by atoms with Crippen molar-refractivity contribution in [2.45, 2.75) is 37.5 Å². The van der Waals surface area contributed by atoms with Crippen molar-refractivity contribution < 1.29 is 17.2 Å². The molecule has 0 bridgehead atoms. The summed E-state index contributed by atoms with van der Waals surface area (Å²) in [5, 5.41) is 13.1. The maximum Gasteiger partial charge on any atom is 0.264 e. The smallest absolute Gasteiger partial charge is 0.264 e. The van der Waals surface area contributed by atoms with Crippen molar-refractivity contribution in [1.29, 1.82) is 0 Å². The van der Waals surface area contributed by atoms with E-state index in [-0.39, 0.29) is 36.5 Å². The molecule has 4 aromatic rings. The normalized spacial score (nSPS) is 18.1. The van der Waals surface area contributed by atoms with E-state index in [0.717, 1.165) is 27.7 Å². The van der Waals surface area contributed by atoms with Crippen molar-refractivity contribution >= 4 is 20.9 Å². The lowest BCUT2D eigenvalue weighted by Crippen LogP contribution is -2.53. The summed E-state index contributed by atoms with van der Waals surface area (Å²) in [6.45, 7) is 5.88. The Morgan fingerprint density at radius 3 is 2.46 bits per heavy atom. The number of halogens is 2. The highest BCUT2D eigenvalue weighted by Crippen LogP contribution is 2.34. The van der Waals surface area contributed by atoms with Gasteiger partial charge in [0.1, 0.15) is 11.5 Å². The van der Waals surface area contributed by atoms with E-state index < -0.39 is 15.7 Å². The second-order valence-corrected chi connectivity index (χ2v) is 11.9. The van der Waals surface area contributed by atoms with E-state index in [4.69, 9.17) is 0 Å². The summed E-state index contributed by atoms with van der Waals surface area (Å²) in [5.41, 5.74) is 1.92. The Hall–Kier alpha value is -3.22. The quantitative estimate of drug-likeness (QED) is 0.381. The monoisotopic (exact) mass is 529 g/mol. The minimum absolute atomic E-state index is 0.110. The number of fused-ring (bicyclic) bond motifs is 1.